The average Bonchev–Trinajstić information content (AvgIpc) is 2.89. The van der Waals surface area contributed by atoms with Crippen LogP contribution in [0.4, 0.5) is 5.82 Å². The third-order valence-electron chi connectivity index (χ3n) is 2.95. The van der Waals surface area contributed by atoms with Crippen LogP contribution in [0.25, 0.3) is 11.1 Å². The molecule has 102 valence electrons. The second kappa shape index (κ2) is 5.50. The van der Waals surface area contributed by atoms with Crippen molar-refractivity contribution in [3.8, 4) is 0 Å². The van der Waals surface area contributed by atoms with Gasteiger partial charge in [-0.1, -0.05) is 19.1 Å². The molecule has 6 heteroatoms. The van der Waals surface area contributed by atoms with Gasteiger partial charge < -0.3 is 9.73 Å². The minimum absolute atomic E-state index is 0.599. The second-order valence-electron chi connectivity index (χ2n) is 4.16. The Balaban J connectivity index is 1.98. The molecule has 0 saturated heterocycles. The van der Waals surface area contributed by atoms with E-state index < -0.39 is 0 Å². The molecule has 3 rings (SSSR count). The van der Waals surface area contributed by atoms with Gasteiger partial charge in [0.2, 0.25) is 0 Å². The summed E-state index contributed by atoms with van der Waals surface area (Å²) in [5.41, 5.74) is 2.72. The molecule has 5 nitrogen and oxygen atoms in total. The summed E-state index contributed by atoms with van der Waals surface area (Å²) >= 11 is 1.43. The molecule has 0 spiro atoms. The van der Waals surface area contributed by atoms with Crippen molar-refractivity contribution in [2.75, 3.05) is 12.4 Å². The van der Waals surface area contributed by atoms with E-state index in [2.05, 4.69) is 27.2 Å². The quantitative estimate of drug-likeness (QED) is 0.742. The van der Waals surface area contributed by atoms with Crippen molar-refractivity contribution in [1.82, 2.24) is 15.0 Å². The maximum absolute atomic E-state index is 5.72. The Morgan fingerprint density at radius 1 is 1.25 bits per heavy atom. The molecule has 0 unspecified atom stereocenters. The van der Waals surface area contributed by atoms with Crippen LogP contribution >= 0.6 is 11.8 Å². The lowest BCUT2D eigenvalue weighted by molar-refractivity contribution is 0.489. The van der Waals surface area contributed by atoms with E-state index in [1.807, 2.05) is 31.3 Å². The number of nitrogens with one attached hydrogen (secondary N) is 1. The molecule has 0 amide bonds. The van der Waals surface area contributed by atoms with Crippen LogP contribution in [0.3, 0.4) is 0 Å². The summed E-state index contributed by atoms with van der Waals surface area (Å²) in [5.74, 6) is 0.848. The van der Waals surface area contributed by atoms with Crippen molar-refractivity contribution >= 4 is 28.7 Å². The third-order valence-corrected chi connectivity index (χ3v) is 3.85. The van der Waals surface area contributed by atoms with Gasteiger partial charge in [0, 0.05) is 12.6 Å². The number of hydrogen-bond acceptors (Lipinski definition) is 6. The topological polar surface area (TPSA) is 63.8 Å². The molecule has 20 heavy (non-hydrogen) atoms. The average molecular weight is 286 g/mol. The third kappa shape index (κ3) is 2.34. The standard InChI is InChI=1S/C14H14N4OS/c1-3-9-12(15-2)16-8-17-13(9)20-14-18-10-6-4-5-7-11(10)19-14/h4-8H,3H2,1-2H3,(H,15,16,17). The zero-order chi connectivity index (χ0) is 13.9. The van der Waals surface area contributed by atoms with E-state index in [-0.39, 0.29) is 0 Å². The first-order valence-corrected chi connectivity index (χ1v) is 7.18. The number of para-hydroxylation sites is 2. The molecule has 0 fully saturated rings. The normalized spacial score (nSPS) is 10.9. The van der Waals surface area contributed by atoms with E-state index >= 15 is 0 Å². The molecule has 0 atom stereocenters. The lowest BCUT2D eigenvalue weighted by Gasteiger charge is -2.08. The van der Waals surface area contributed by atoms with Gasteiger partial charge in [-0.05, 0) is 30.3 Å². The van der Waals surface area contributed by atoms with E-state index in [0.717, 1.165) is 33.9 Å². The van der Waals surface area contributed by atoms with Crippen molar-refractivity contribution in [1.29, 1.82) is 0 Å². The highest BCUT2D eigenvalue weighted by Crippen LogP contribution is 2.32. The van der Waals surface area contributed by atoms with Gasteiger partial charge in [0.25, 0.3) is 5.22 Å². The summed E-state index contributed by atoms with van der Waals surface area (Å²) in [7, 11) is 1.86. The van der Waals surface area contributed by atoms with Crippen molar-refractivity contribution in [3.63, 3.8) is 0 Å². The van der Waals surface area contributed by atoms with Crippen molar-refractivity contribution < 1.29 is 4.42 Å². The summed E-state index contributed by atoms with van der Waals surface area (Å²) in [4.78, 5) is 13.0. The smallest absolute Gasteiger partial charge is 0.263 e. The molecule has 0 saturated carbocycles. The Morgan fingerprint density at radius 3 is 2.85 bits per heavy atom. The molecule has 1 N–H and O–H groups in total. The Labute approximate surface area is 120 Å². The van der Waals surface area contributed by atoms with Crippen LogP contribution in [0.15, 0.2) is 45.3 Å². The Morgan fingerprint density at radius 2 is 2.10 bits per heavy atom. The van der Waals surface area contributed by atoms with Gasteiger partial charge in [-0.25, -0.2) is 15.0 Å². The van der Waals surface area contributed by atoms with E-state index in [1.54, 1.807) is 6.33 Å². The zero-order valence-electron chi connectivity index (χ0n) is 11.3. The van der Waals surface area contributed by atoms with Crippen LogP contribution in [0.2, 0.25) is 0 Å². The highest BCUT2D eigenvalue weighted by atomic mass is 32.2. The molecule has 0 aliphatic heterocycles. The number of rotatable bonds is 4. The number of fused-ring (bicyclic) bond motifs is 1. The molecular formula is C14H14N4OS. The van der Waals surface area contributed by atoms with Gasteiger partial charge in [-0.15, -0.1) is 0 Å². The van der Waals surface area contributed by atoms with Crippen LogP contribution in [-0.4, -0.2) is 22.0 Å². The summed E-state index contributed by atoms with van der Waals surface area (Å²) in [6.07, 6.45) is 2.40. The van der Waals surface area contributed by atoms with Crippen LogP contribution < -0.4 is 5.32 Å². The highest BCUT2D eigenvalue weighted by molar-refractivity contribution is 7.99. The highest BCUT2D eigenvalue weighted by Gasteiger charge is 2.13. The number of aromatic nitrogens is 3. The Bertz CT molecular complexity index is 708. The second-order valence-corrected chi connectivity index (χ2v) is 5.10. The van der Waals surface area contributed by atoms with Gasteiger partial charge in [-0.3, -0.25) is 0 Å². The van der Waals surface area contributed by atoms with E-state index in [4.69, 9.17) is 4.42 Å². The van der Waals surface area contributed by atoms with Crippen LogP contribution in [0.1, 0.15) is 12.5 Å². The molecule has 0 bridgehead atoms. The molecule has 0 radical (unpaired) electrons. The SMILES string of the molecule is CCc1c(NC)ncnc1Sc1nc2ccccc2o1. The Kier molecular flexibility index (Phi) is 3.56. The Hall–Kier alpha value is -2.08. The predicted octanol–water partition coefficient (Wildman–Crippen LogP) is 3.37. The van der Waals surface area contributed by atoms with Gasteiger partial charge in [-0.2, -0.15) is 0 Å². The molecule has 3 aromatic rings. The van der Waals surface area contributed by atoms with Crippen molar-refractivity contribution in [2.24, 2.45) is 0 Å². The van der Waals surface area contributed by atoms with Gasteiger partial charge in [0.15, 0.2) is 5.58 Å². The van der Waals surface area contributed by atoms with E-state index in [0.29, 0.717) is 5.22 Å². The lowest BCUT2D eigenvalue weighted by atomic mass is 10.2. The fraction of sp³-hybridized carbons (Fsp3) is 0.214. The minimum atomic E-state index is 0.599. The number of oxazole rings is 1. The monoisotopic (exact) mass is 286 g/mol. The van der Waals surface area contributed by atoms with Crippen LogP contribution in [0, 0.1) is 0 Å². The molecule has 0 aliphatic rings. The summed E-state index contributed by atoms with van der Waals surface area (Å²) < 4.78 is 5.72. The van der Waals surface area contributed by atoms with Gasteiger partial charge in [0.05, 0.1) is 0 Å². The number of hydrogen-bond donors (Lipinski definition) is 1. The van der Waals surface area contributed by atoms with Crippen molar-refractivity contribution in [2.45, 2.75) is 23.6 Å². The lowest BCUT2D eigenvalue weighted by Crippen LogP contribution is -2.01. The number of benzene rings is 1. The molecule has 0 aliphatic carbocycles. The largest absolute Gasteiger partial charge is 0.431 e. The van der Waals surface area contributed by atoms with Gasteiger partial charge in [0.1, 0.15) is 22.7 Å². The summed E-state index contributed by atoms with van der Waals surface area (Å²) in [6, 6.07) is 7.72. The number of anilines is 1. The van der Waals surface area contributed by atoms with E-state index in [1.165, 1.54) is 11.8 Å². The summed E-state index contributed by atoms with van der Waals surface area (Å²) in [5, 5.41) is 4.56. The van der Waals surface area contributed by atoms with Crippen LogP contribution in [0.5, 0.6) is 0 Å². The molecular weight excluding hydrogens is 272 g/mol. The van der Waals surface area contributed by atoms with Gasteiger partial charge >= 0.3 is 0 Å². The fourth-order valence-corrected chi connectivity index (χ4v) is 2.90. The zero-order valence-corrected chi connectivity index (χ0v) is 12.1. The van der Waals surface area contributed by atoms with Crippen molar-refractivity contribution in [3.05, 3.63) is 36.2 Å². The molecule has 2 heterocycles. The van der Waals surface area contributed by atoms with Crippen LogP contribution in [-0.2, 0) is 6.42 Å². The fourth-order valence-electron chi connectivity index (χ4n) is 2.00. The van der Waals surface area contributed by atoms with E-state index in [9.17, 15) is 0 Å². The minimum Gasteiger partial charge on any atom is -0.431 e. The first-order valence-electron chi connectivity index (χ1n) is 6.37. The molecule has 1 aromatic carbocycles. The predicted molar refractivity (Wildman–Crippen MR) is 79.1 cm³/mol. The first kappa shape index (κ1) is 12.9. The first-order chi connectivity index (χ1) is 9.81. The summed E-state index contributed by atoms with van der Waals surface area (Å²) in [6.45, 7) is 2.08. The number of nitrogens with zero attached hydrogens (tertiary/aromatic N) is 3. The maximum atomic E-state index is 5.72. The molecule has 2 aromatic heterocycles. The maximum Gasteiger partial charge on any atom is 0.263 e.